The molecule has 154 valence electrons. The summed E-state index contributed by atoms with van der Waals surface area (Å²) >= 11 is 0. The largest absolute Gasteiger partial charge is 0.496 e. The van der Waals surface area contributed by atoms with E-state index in [0.717, 1.165) is 11.1 Å². The number of para-hydroxylation sites is 1. The molecular weight excluding hydrogens is 390 g/mol. The number of benzene rings is 3. The number of hydrogen-bond acceptors (Lipinski definition) is 4. The Bertz CT molecular complexity index is 1180. The van der Waals surface area contributed by atoms with E-state index < -0.39 is 0 Å². The van der Waals surface area contributed by atoms with Crippen molar-refractivity contribution >= 4 is 35.1 Å². The number of nitrogens with zero attached hydrogens (tertiary/aromatic N) is 2. The van der Waals surface area contributed by atoms with Crippen LogP contribution in [0.5, 0.6) is 5.75 Å². The third-order valence-corrected chi connectivity index (χ3v) is 4.77. The zero-order chi connectivity index (χ0) is 21.8. The number of nitrogens with one attached hydrogen (secondary N) is 1. The predicted octanol–water partition coefficient (Wildman–Crippen LogP) is 4.49. The molecular formula is C25H21N3O3. The fourth-order valence-electron chi connectivity index (χ4n) is 3.37. The third kappa shape index (κ3) is 4.23. The van der Waals surface area contributed by atoms with E-state index in [1.807, 2.05) is 54.6 Å². The van der Waals surface area contributed by atoms with E-state index in [4.69, 9.17) is 4.74 Å². The van der Waals surface area contributed by atoms with E-state index in [-0.39, 0.29) is 11.8 Å². The highest BCUT2D eigenvalue weighted by Crippen LogP contribution is 2.30. The van der Waals surface area contributed by atoms with Gasteiger partial charge in [0.15, 0.2) is 0 Å². The van der Waals surface area contributed by atoms with Crippen LogP contribution in [0.25, 0.3) is 6.08 Å². The SMILES string of the molecule is COc1ccccc1/C=C1\N=C(c2ccccc2)N(c2ccc(NC(C)=O)cc2)C1=O. The molecule has 3 aromatic carbocycles. The summed E-state index contributed by atoms with van der Waals surface area (Å²) in [7, 11) is 1.59. The minimum atomic E-state index is -0.239. The molecule has 3 aromatic rings. The van der Waals surface area contributed by atoms with Crippen molar-refractivity contribution in [2.24, 2.45) is 4.99 Å². The first-order chi connectivity index (χ1) is 15.1. The monoisotopic (exact) mass is 411 g/mol. The molecule has 0 radical (unpaired) electrons. The van der Waals surface area contributed by atoms with Gasteiger partial charge in [0, 0.05) is 23.7 Å². The normalized spacial score (nSPS) is 14.5. The van der Waals surface area contributed by atoms with E-state index in [9.17, 15) is 9.59 Å². The molecule has 0 aromatic heterocycles. The van der Waals surface area contributed by atoms with Crippen molar-refractivity contribution in [3.63, 3.8) is 0 Å². The summed E-state index contributed by atoms with van der Waals surface area (Å²) in [6.07, 6.45) is 1.73. The molecule has 1 N–H and O–H groups in total. The number of anilines is 2. The summed E-state index contributed by atoms with van der Waals surface area (Å²) in [4.78, 5) is 30.9. The number of carbonyl (C=O) groups is 2. The Kier molecular flexibility index (Phi) is 5.62. The minimum absolute atomic E-state index is 0.154. The van der Waals surface area contributed by atoms with Crippen LogP contribution in [0.3, 0.4) is 0 Å². The molecule has 0 saturated heterocycles. The predicted molar refractivity (Wildman–Crippen MR) is 122 cm³/mol. The summed E-state index contributed by atoms with van der Waals surface area (Å²) < 4.78 is 5.41. The topological polar surface area (TPSA) is 71.0 Å². The van der Waals surface area contributed by atoms with E-state index in [1.54, 1.807) is 42.4 Å². The molecule has 6 heteroatoms. The number of aliphatic imine (C=N–C) groups is 1. The van der Waals surface area contributed by atoms with E-state index in [2.05, 4.69) is 10.3 Å². The van der Waals surface area contributed by atoms with Crippen molar-refractivity contribution in [1.82, 2.24) is 0 Å². The molecule has 2 amide bonds. The Hall–Kier alpha value is -4.19. The molecule has 1 aliphatic rings. The van der Waals surface area contributed by atoms with Gasteiger partial charge in [-0.05, 0) is 36.4 Å². The highest BCUT2D eigenvalue weighted by Gasteiger charge is 2.32. The number of hydrogen-bond donors (Lipinski definition) is 1. The Balaban J connectivity index is 1.77. The standard InChI is InChI=1S/C25H21N3O3/c1-17(29)26-20-12-14-21(15-13-20)28-24(18-8-4-3-5-9-18)27-22(25(28)30)16-19-10-6-7-11-23(19)31-2/h3-16H,1-2H3,(H,26,29)/b22-16-. The van der Waals surface area contributed by atoms with Gasteiger partial charge >= 0.3 is 0 Å². The fraction of sp³-hybridized carbons (Fsp3) is 0.0800. The van der Waals surface area contributed by atoms with Gasteiger partial charge in [-0.25, -0.2) is 4.99 Å². The van der Waals surface area contributed by atoms with Crippen LogP contribution in [0.1, 0.15) is 18.1 Å². The van der Waals surface area contributed by atoms with Crippen molar-refractivity contribution in [3.8, 4) is 5.75 Å². The van der Waals surface area contributed by atoms with Gasteiger partial charge in [-0.3, -0.25) is 14.5 Å². The zero-order valence-electron chi connectivity index (χ0n) is 17.2. The molecule has 0 fully saturated rings. The summed E-state index contributed by atoms with van der Waals surface area (Å²) in [5.41, 5.74) is 3.22. The zero-order valence-corrected chi connectivity index (χ0v) is 17.2. The van der Waals surface area contributed by atoms with Crippen LogP contribution in [0, 0.1) is 0 Å². The number of amides is 2. The van der Waals surface area contributed by atoms with Crippen molar-refractivity contribution in [1.29, 1.82) is 0 Å². The van der Waals surface area contributed by atoms with Gasteiger partial charge in [-0.1, -0.05) is 48.5 Å². The van der Waals surface area contributed by atoms with Crippen molar-refractivity contribution in [2.75, 3.05) is 17.3 Å². The Morgan fingerprint density at radius 2 is 1.65 bits per heavy atom. The first-order valence-corrected chi connectivity index (χ1v) is 9.78. The highest BCUT2D eigenvalue weighted by atomic mass is 16.5. The van der Waals surface area contributed by atoms with Gasteiger partial charge in [-0.15, -0.1) is 0 Å². The smallest absolute Gasteiger partial charge is 0.282 e. The molecule has 1 heterocycles. The average molecular weight is 411 g/mol. The number of carbonyl (C=O) groups excluding carboxylic acids is 2. The molecule has 6 nitrogen and oxygen atoms in total. The van der Waals surface area contributed by atoms with Crippen LogP contribution in [0.15, 0.2) is 89.6 Å². The summed E-state index contributed by atoms with van der Waals surface area (Å²) in [6.45, 7) is 1.45. The Morgan fingerprint density at radius 1 is 0.968 bits per heavy atom. The summed E-state index contributed by atoms with van der Waals surface area (Å²) in [5.74, 6) is 0.812. The Labute approximate surface area is 180 Å². The van der Waals surface area contributed by atoms with Gasteiger partial charge in [0.25, 0.3) is 5.91 Å². The maximum Gasteiger partial charge on any atom is 0.282 e. The second-order valence-electron chi connectivity index (χ2n) is 6.94. The maximum atomic E-state index is 13.4. The first-order valence-electron chi connectivity index (χ1n) is 9.78. The number of rotatable bonds is 5. The lowest BCUT2D eigenvalue weighted by molar-refractivity contribution is -0.114. The highest BCUT2D eigenvalue weighted by molar-refractivity contribution is 6.33. The molecule has 1 aliphatic heterocycles. The van der Waals surface area contributed by atoms with Gasteiger partial charge in [0.05, 0.1) is 12.8 Å². The van der Waals surface area contributed by atoms with Crippen LogP contribution < -0.4 is 15.0 Å². The van der Waals surface area contributed by atoms with Crippen LogP contribution in [0.2, 0.25) is 0 Å². The van der Waals surface area contributed by atoms with Crippen LogP contribution >= 0.6 is 0 Å². The van der Waals surface area contributed by atoms with Gasteiger partial charge in [-0.2, -0.15) is 0 Å². The summed E-state index contributed by atoms with van der Waals surface area (Å²) in [6, 6.07) is 24.1. The second kappa shape index (κ2) is 8.67. The lowest BCUT2D eigenvalue weighted by Crippen LogP contribution is -2.32. The van der Waals surface area contributed by atoms with Crippen LogP contribution in [-0.2, 0) is 9.59 Å². The van der Waals surface area contributed by atoms with Gasteiger partial charge < -0.3 is 10.1 Å². The van der Waals surface area contributed by atoms with E-state index >= 15 is 0 Å². The van der Waals surface area contributed by atoms with Crippen LogP contribution in [-0.4, -0.2) is 24.8 Å². The van der Waals surface area contributed by atoms with Crippen molar-refractivity contribution in [3.05, 3.63) is 95.7 Å². The maximum absolute atomic E-state index is 13.4. The van der Waals surface area contributed by atoms with Crippen LogP contribution in [0.4, 0.5) is 11.4 Å². The second-order valence-corrected chi connectivity index (χ2v) is 6.94. The molecule has 0 atom stereocenters. The summed E-state index contributed by atoms with van der Waals surface area (Å²) in [5, 5.41) is 2.73. The van der Waals surface area contributed by atoms with Crippen molar-refractivity contribution < 1.29 is 14.3 Å². The minimum Gasteiger partial charge on any atom is -0.496 e. The number of amidine groups is 1. The fourth-order valence-corrected chi connectivity index (χ4v) is 3.37. The molecule has 0 bridgehead atoms. The van der Waals surface area contributed by atoms with Gasteiger partial charge in [0.2, 0.25) is 5.91 Å². The van der Waals surface area contributed by atoms with E-state index in [1.165, 1.54) is 6.92 Å². The average Bonchev–Trinajstić information content (AvgIpc) is 3.11. The first kappa shape index (κ1) is 20.1. The molecule has 0 spiro atoms. The molecule has 0 unspecified atom stereocenters. The Morgan fingerprint density at radius 3 is 2.32 bits per heavy atom. The molecule has 31 heavy (non-hydrogen) atoms. The molecule has 4 rings (SSSR count). The quantitative estimate of drug-likeness (QED) is 0.629. The van der Waals surface area contributed by atoms with Gasteiger partial charge in [0.1, 0.15) is 17.3 Å². The molecule has 0 aliphatic carbocycles. The third-order valence-electron chi connectivity index (χ3n) is 4.77. The van der Waals surface area contributed by atoms with Crippen molar-refractivity contribution in [2.45, 2.75) is 6.92 Å². The molecule has 0 saturated carbocycles. The number of ether oxygens (including phenoxy) is 1. The van der Waals surface area contributed by atoms with E-state index in [0.29, 0.717) is 28.7 Å². The lowest BCUT2D eigenvalue weighted by Gasteiger charge is -2.19. The number of methoxy groups -OCH3 is 1. The lowest BCUT2D eigenvalue weighted by atomic mass is 10.1.